The van der Waals surface area contributed by atoms with Crippen LogP contribution in [0.5, 0.6) is 0 Å². The fraction of sp³-hybridized carbons (Fsp3) is 0.273. The number of amides is 3. The number of carbonyl (C=O) groups is 4. The predicted octanol–water partition coefficient (Wildman–Crippen LogP) is 2.09. The minimum absolute atomic E-state index is 0.0893. The molecule has 0 bridgehead atoms. The molecule has 0 radical (unpaired) electrons. The first-order valence-electron chi connectivity index (χ1n) is 10.2. The molecule has 2 aromatic rings. The first-order chi connectivity index (χ1) is 15.8. The molecule has 0 aromatic heterocycles. The molecule has 170 valence electrons. The Bertz CT molecular complexity index is 1150. The van der Waals surface area contributed by atoms with Crippen molar-refractivity contribution >= 4 is 46.4 Å². The van der Waals surface area contributed by atoms with E-state index in [0.717, 1.165) is 4.90 Å². The second-order valence-corrected chi connectivity index (χ2v) is 7.76. The number of imide groups is 1. The van der Waals surface area contributed by atoms with Gasteiger partial charge in [0.1, 0.15) is 6.04 Å². The van der Waals surface area contributed by atoms with Gasteiger partial charge in [-0.05, 0) is 30.7 Å². The van der Waals surface area contributed by atoms with Gasteiger partial charge in [-0.1, -0.05) is 12.1 Å². The number of hydrogen-bond donors (Lipinski definition) is 2. The molecule has 2 N–H and O–H groups in total. The number of nitrogens with zero attached hydrogens (tertiary/aromatic N) is 2. The molecule has 1 fully saturated rings. The van der Waals surface area contributed by atoms with Crippen molar-refractivity contribution < 1.29 is 28.8 Å². The lowest BCUT2D eigenvalue weighted by Gasteiger charge is -2.32. The summed E-state index contributed by atoms with van der Waals surface area (Å²) in [7, 11) is 1.19. The van der Waals surface area contributed by atoms with Gasteiger partial charge < -0.3 is 15.4 Å². The Morgan fingerprint density at radius 3 is 2.45 bits per heavy atom. The molecule has 3 unspecified atom stereocenters. The van der Waals surface area contributed by atoms with Gasteiger partial charge in [0, 0.05) is 24.5 Å². The number of nitrogens with one attached hydrogen (secondary N) is 2. The quantitative estimate of drug-likeness (QED) is 0.293. The lowest BCUT2D eigenvalue weighted by molar-refractivity contribution is -0.384. The number of nitro benzene ring substituents is 1. The van der Waals surface area contributed by atoms with E-state index in [-0.39, 0.29) is 24.2 Å². The number of anilines is 3. The number of ether oxygens (including phenoxy) is 1. The molecule has 2 aliphatic rings. The van der Waals surface area contributed by atoms with E-state index < -0.39 is 46.5 Å². The molecule has 3 atom stereocenters. The minimum atomic E-state index is -1.03. The molecule has 0 spiro atoms. The second kappa shape index (κ2) is 8.69. The van der Waals surface area contributed by atoms with Crippen molar-refractivity contribution in [2.24, 2.45) is 11.8 Å². The monoisotopic (exact) mass is 452 g/mol. The van der Waals surface area contributed by atoms with Gasteiger partial charge in [0.2, 0.25) is 17.7 Å². The summed E-state index contributed by atoms with van der Waals surface area (Å²) in [6, 6.07) is 11.0. The standard InChI is InChI=1S/C22H20N4O7/c1-33-22(30)15(19-20(28)24-17-5-3-2-4-16(17)23-19)10-12-11-18(27)25(21(12)29)13-6-8-14(9-7-13)26(31)32/h2-9,12,15,19,23H,10-11H2,1H3,(H,24,28). The topological polar surface area (TPSA) is 148 Å². The van der Waals surface area contributed by atoms with Crippen LogP contribution in [0, 0.1) is 22.0 Å². The third-order valence-electron chi connectivity index (χ3n) is 5.78. The van der Waals surface area contributed by atoms with E-state index in [1.165, 1.54) is 31.4 Å². The van der Waals surface area contributed by atoms with E-state index in [9.17, 15) is 29.3 Å². The average Bonchev–Trinajstić information content (AvgIpc) is 3.09. The number of methoxy groups -OCH3 is 1. The summed E-state index contributed by atoms with van der Waals surface area (Å²) in [6.07, 6.45) is -0.248. The highest BCUT2D eigenvalue weighted by atomic mass is 16.6. The average molecular weight is 452 g/mol. The molecule has 2 aromatic carbocycles. The number of non-ortho nitro benzene ring substituents is 1. The van der Waals surface area contributed by atoms with Gasteiger partial charge in [0.05, 0.1) is 35.0 Å². The SMILES string of the molecule is COC(=O)C(CC1CC(=O)N(c2ccc([N+](=O)[O-])cc2)C1=O)C1Nc2ccccc2NC1=O. The van der Waals surface area contributed by atoms with Crippen LogP contribution in [0.25, 0.3) is 0 Å². The first kappa shape index (κ1) is 21.9. The smallest absolute Gasteiger partial charge is 0.311 e. The number of hydrogen-bond acceptors (Lipinski definition) is 8. The van der Waals surface area contributed by atoms with Crippen LogP contribution < -0.4 is 15.5 Å². The van der Waals surface area contributed by atoms with Gasteiger partial charge in [-0.15, -0.1) is 0 Å². The van der Waals surface area contributed by atoms with Crippen LogP contribution in [-0.2, 0) is 23.9 Å². The predicted molar refractivity (Wildman–Crippen MR) is 116 cm³/mol. The van der Waals surface area contributed by atoms with Gasteiger partial charge in [0.25, 0.3) is 5.69 Å². The summed E-state index contributed by atoms with van der Waals surface area (Å²) in [5.74, 6) is -4.05. The summed E-state index contributed by atoms with van der Waals surface area (Å²) in [5, 5.41) is 16.6. The van der Waals surface area contributed by atoms with E-state index in [4.69, 9.17) is 4.74 Å². The molecular formula is C22H20N4O7. The number of nitro groups is 1. The van der Waals surface area contributed by atoms with E-state index in [1.807, 2.05) is 0 Å². The number of benzene rings is 2. The minimum Gasteiger partial charge on any atom is -0.469 e. The zero-order valence-corrected chi connectivity index (χ0v) is 17.5. The van der Waals surface area contributed by atoms with Crippen molar-refractivity contribution in [2.75, 3.05) is 22.6 Å². The molecule has 2 heterocycles. The third kappa shape index (κ3) is 4.12. The number of fused-ring (bicyclic) bond motifs is 1. The second-order valence-electron chi connectivity index (χ2n) is 7.76. The zero-order valence-electron chi connectivity index (χ0n) is 17.5. The summed E-state index contributed by atoms with van der Waals surface area (Å²) < 4.78 is 4.89. The van der Waals surface area contributed by atoms with Crippen molar-refractivity contribution in [2.45, 2.75) is 18.9 Å². The van der Waals surface area contributed by atoms with E-state index in [1.54, 1.807) is 24.3 Å². The van der Waals surface area contributed by atoms with Crippen LogP contribution in [-0.4, -0.2) is 41.8 Å². The van der Waals surface area contributed by atoms with Crippen LogP contribution in [0.3, 0.4) is 0 Å². The largest absolute Gasteiger partial charge is 0.469 e. The molecule has 11 nitrogen and oxygen atoms in total. The number of rotatable bonds is 6. The maximum Gasteiger partial charge on any atom is 0.311 e. The summed E-state index contributed by atoms with van der Waals surface area (Å²) in [5.41, 5.74) is 1.22. The van der Waals surface area contributed by atoms with Crippen molar-refractivity contribution in [3.8, 4) is 0 Å². The highest BCUT2D eigenvalue weighted by Crippen LogP contribution is 2.35. The maximum absolute atomic E-state index is 13.0. The molecular weight excluding hydrogens is 432 g/mol. The Labute approximate surface area is 187 Å². The third-order valence-corrected chi connectivity index (χ3v) is 5.78. The van der Waals surface area contributed by atoms with Crippen LogP contribution in [0.2, 0.25) is 0 Å². The van der Waals surface area contributed by atoms with E-state index >= 15 is 0 Å². The number of carbonyl (C=O) groups excluding carboxylic acids is 4. The van der Waals surface area contributed by atoms with Crippen molar-refractivity contribution in [3.63, 3.8) is 0 Å². The fourth-order valence-corrected chi connectivity index (χ4v) is 4.14. The lowest BCUT2D eigenvalue weighted by Crippen LogP contribution is -2.48. The Kier molecular flexibility index (Phi) is 5.78. The molecule has 0 aliphatic carbocycles. The van der Waals surface area contributed by atoms with Crippen molar-refractivity contribution in [3.05, 3.63) is 58.6 Å². The number of para-hydroxylation sites is 2. The highest BCUT2D eigenvalue weighted by Gasteiger charge is 2.45. The van der Waals surface area contributed by atoms with Gasteiger partial charge in [-0.25, -0.2) is 0 Å². The molecule has 3 amide bonds. The van der Waals surface area contributed by atoms with Crippen LogP contribution in [0.15, 0.2) is 48.5 Å². The molecule has 1 saturated heterocycles. The summed E-state index contributed by atoms with van der Waals surface area (Å²) in [4.78, 5) is 62.2. The van der Waals surface area contributed by atoms with Gasteiger partial charge >= 0.3 is 5.97 Å². The van der Waals surface area contributed by atoms with Gasteiger partial charge in [0.15, 0.2) is 0 Å². The fourth-order valence-electron chi connectivity index (χ4n) is 4.14. The van der Waals surface area contributed by atoms with Crippen molar-refractivity contribution in [1.29, 1.82) is 0 Å². The van der Waals surface area contributed by atoms with E-state index in [2.05, 4.69) is 10.6 Å². The van der Waals surface area contributed by atoms with Crippen LogP contribution in [0.4, 0.5) is 22.7 Å². The Morgan fingerprint density at radius 2 is 1.82 bits per heavy atom. The molecule has 11 heteroatoms. The van der Waals surface area contributed by atoms with Crippen LogP contribution >= 0.6 is 0 Å². The Balaban J connectivity index is 1.56. The molecule has 2 aliphatic heterocycles. The highest BCUT2D eigenvalue weighted by molar-refractivity contribution is 6.21. The lowest BCUT2D eigenvalue weighted by atomic mass is 9.86. The number of esters is 1. The Morgan fingerprint density at radius 1 is 1.15 bits per heavy atom. The van der Waals surface area contributed by atoms with Crippen molar-refractivity contribution in [1.82, 2.24) is 0 Å². The summed E-state index contributed by atoms with van der Waals surface area (Å²) >= 11 is 0. The Hall–Kier alpha value is -4.28. The maximum atomic E-state index is 13.0. The zero-order chi connectivity index (χ0) is 23.7. The van der Waals surface area contributed by atoms with Crippen LogP contribution in [0.1, 0.15) is 12.8 Å². The normalized spacial score (nSPS) is 20.5. The van der Waals surface area contributed by atoms with Gasteiger partial charge in [-0.3, -0.25) is 34.2 Å². The summed E-state index contributed by atoms with van der Waals surface area (Å²) in [6.45, 7) is 0. The van der Waals surface area contributed by atoms with Gasteiger partial charge in [-0.2, -0.15) is 0 Å². The molecule has 4 rings (SSSR count). The van der Waals surface area contributed by atoms with E-state index in [0.29, 0.717) is 11.4 Å². The molecule has 33 heavy (non-hydrogen) atoms. The molecule has 0 saturated carbocycles. The first-order valence-corrected chi connectivity index (χ1v) is 10.2.